The minimum absolute atomic E-state index is 0.0992. The van der Waals surface area contributed by atoms with Gasteiger partial charge in [0.05, 0.1) is 11.0 Å². The van der Waals surface area contributed by atoms with Crippen molar-refractivity contribution in [2.24, 2.45) is 5.92 Å². The highest BCUT2D eigenvalue weighted by Crippen LogP contribution is 2.24. The lowest BCUT2D eigenvalue weighted by molar-refractivity contribution is -0.385. The van der Waals surface area contributed by atoms with Crippen LogP contribution >= 0.6 is 0 Å². The molecule has 5 nitrogen and oxygen atoms in total. The zero-order valence-corrected chi connectivity index (χ0v) is 12.3. The van der Waals surface area contributed by atoms with Gasteiger partial charge in [-0.2, -0.15) is 0 Å². The van der Waals surface area contributed by atoms with Crippen LogP contribution in [0.15, 0.2) is 18.2 Å². The lowest BCUT2D eigenvalue weighted by Crippen LogP contribution is -2.29. The van der Waals surface area contributed by atoms with Crippen molar-refractivity contribution in [3.8, 4) is 0 Å². The molecule has 1 fully saturated rings. The van der Waals surface area contributed by atoms with Crippen molar-refractivity contribution in [3.63, 3.8) is 0 Å². The predicted molar refractivity (Wildman–Crippen MR) is 77.8 cm³/mol. The molecule has 0 aliphatic carbocycles. The van der Waals surface area contributed by atoms with E-state index in [1.165, 1.54) is 0 Å². The number of nitro groups is 1. The Morgan fingerprint density at radius 3 is 2.90 bits per heavy atom. The minimum Gasteiger partial charge on any atom is -0.378 e. The number of ether oxygens (including phenoxy) is 1. The highest BCUT2D eigenvalue weighted by molar-refractivity contribution is 5.43. The fraction of sp³-hybridized carbons (Fsp3) is 0.600. The van der Waals surface area contributed by atoms with Gasteiger partial charge >= 0.3 is 0 Å². The van der Waals surface area contributed by atoms with Crippen LogP contribution in [-0.4, -0.2) is 24.2 Å². The number of aryl methyl sites for hydroxylation is 1. The first kappa shape index (κ1) is 14.9. The second-order valence-electron chi connectivity index (χ2n) is 5.56. The summed E-state index contributed by atoms with van der Waals surface area (Å²) in [5.41, 5.74) is 1.84. The maximum Gasteiger partial charge on any atom is 0.272 e. The molecule has 1 aromatic carbocycles. The number of benzene rings is 1. The van der Waals surface area contributed by atoms with Gasteiger partial charge in [0, 0.05) is 30.8 Å². The molecule has 1 aliphatic rings. The van der Waals surface area contributed by atoms with E-state index in [4.69, 9.17) is 4.74 Å². The Labute approximate surface area is 119 Å². The number of hydrogen-bond acceptors (Lipinski definition) is 4. The first-order valence-corrected chi connectivity index (χ1v) is 7.09. The van der Waals surface area contributed by atoms with E-state index in [9.17, 15) is 10.1 Å². The summed E-state index contributed by atoms with van der Waals surface area (Å²) in [6.45, 7) is 7.61. The third kappa shape index (κ3) is 3.35. The molecule has 110 valence electrons. The third-order valence-electron chi connectivity index (χ3n) is 4.15. The zero-order valence-electron chi connectivity index (χ0n) is 12.3. The fourth-order valence-electron chi connectivity index (χ4n) is 2.58. The number of nitrogens with one attached hydrogen (secondary N) is 1. The molecule has 1 N–H and O–H groups in total. The number of nitrogens with zero attached hydrogens (tertiary/aromatic N) is 1. The molecular formula is C15H22N2O3. The van der Waals surface area contributed by atoms with Gasteiger partial charge < -0.3 is 10.1 Å². The maximum absolute atomic E-state index is 11.0. The van der Waals surface area contributed by atoms with Gasteiger partial charge in [-0.3, -0.25) is 10.1 Å². The molecule has 0 saturated carbocycles. The van der Waals surface area contributed by atoms with Crippen LogP contribution in [0.5, 0.6) is 0 Å². The van der Waals surface area contributed by atoms with Crippen LogP contribution in [-0.2, 0) is 4.74 Å². The van der Waals surface area contributed by atoms with Crippen LogP contribution in [0.3, 0.4) is 0 Å². The van der Waals surface area contributed by atoms with E-state index in [1.54, 1.807) is 13.0 Å². The Bertz CT molecular complexity index is 490. The number of nitro benzene ring substituents is 1. The molecule has 0 amide bonds. The summed E-state index contributed by atoms with van der Waals surface area (Å²) >= 11 is 0. The first-order chi connectivity index (χ1) is 9.49. The lowest BCUT2D eigenvalue weighted by atomic mass is 10.0. The highest BCUT2D eigenvalue weighted by atomic mass is 16.6. The number of rotatable bonds is 5. The largest absolute Gasteiger partial charge is 0.378 e. The molecule has 1 heterocycles. The summed E-state index contributed by atoms with van der Waals surface area (Å²) in [4.78, 5) is 10.7. The monoisotopic (exact) mass is 278 g/mol. The van der Waals surface area contributed by atoms with E-state index in [-0.39, 0.29) is 16.7 Å². The van der Waals surface area contributed by atoms with Gasteiger partial charge in [-0.1, -0.05) is 12.1 Å². The normalized spacial score (nSPS) is 23.8. The molecular weight excluding hydrogens is 256 g/mol. The minimum atomic E-state index is -0.321. The lowest BCUT2D eigenvalue weighted by Gasteiger charge is -2.19. The molecule has 3 unspecified atom stereocenters. The summed E-state index contributed by atoms with van der Waals surface area (Å²) in [6.07, 6.45) is 1.37. The third-order valence-corrected chi connectivity index (χ3v) is 4.15. The topological polar surface area (TPSA) is 64.4 Å². The van der Waals surface area contributed by atoms with Gasteiger partial charge in [-0.15, -0.1) is 0 Å². The molecule has 5 heteroatoms. The van der Waals surface area contributed by atoms with Gasteiger partial charge in [0.1, 0.15) is 0 Å². The summed E-state index contributed by atoms with van der Waals surface area (Å²) < 4.78 is 5.54. The van der Waals surface area contributed by atoms with Crippen molar-refractivity contribution >= 4 is 5.69 Å². The van der Waals surface area contributed by atoms with E-state index in [0.717, 1.165) is 25.1 Å². The summed E-state index contributed by atoms with van der Waals surface area (Å²) in [6, 6.07) is 5.53. The van der Waals surface area contributed by atoms with Crippen molar-refractivity contribution in [1.82, 2.24) is 5.32 Å². The Morgan fingerprint density at radius 2 is 2.30 bits per heavy atom. The van der Waals surface area contributed by atoms with Crippen LogP contribution in [0.2, 0.25) is 0 Å². The van der Waals surface area contributed by atoms with Gasteiger partial charge in [0.15, 0.2) is 0 Å². The average Bonchev–Trinajstić information content (AvgIpc) is 2.81. The Morgan fingerprint density at radius 1 is 1.55 bits per heavy atom. The van der Waals surface area contributed by atoms with Crippen molar-refractivity contribution < 1.29 is 9.66 Å². The second kappa shape index (κ2) is 6.33. The van der Waals surface area contributed by atoms with E-state index >= 15 is 0 Å². The summed E-state index contributed by atoms with van der Waals surface area (Å²) in [7, 11) is 0. The fourth-order valence-corrected chi connectivity index (χ4v) is 2.58. The van der Waals surface area contributed by atoms with Gasteiger partial charge in [-0.25, -0.2) is 0 Å². The van der Waals surface area contributed by atoms with E-state index in [2.05, 4.69) is 12.2 Å². The standard InChI is InChI=1S/C15H22N2O3/c1-10-4-5-13(8-15(10)17(18)19)11(2)16-9-14-6-7-20-12(14)3/h4-5,8,11-12,14,16H,6-7,9H2,1-3H3. The second-order valence-corrected chi connectivity index (χ2v) is 5.56. The molecule has 0 bridgehead atoms. The van der Waals surface area contributed by atoms with Crippen molar-refractivity contribution in [2.75, 3.05) is 13.2 Å². The maximum atomic E-state index is 11.0. The first-order valence-electron chi connectivity index (χ1n) is 7.09. The summed E-state index contributed by atoms with van der Waals surface area (Å²) in [5, 5.41) is 14.4. The molecule has 20 heavy (non-hydrogen) atoms. The molecule has 2 rings (SSSR count). The Hall–Kier alpha value is -1.46. The van der Waals surface area contributed by atoms with E-state index in [0.29, 0.717) is 17.6 Å². The van der Waals surface area contributed by atoms with Crippen LogP contribution < -0.4 is 5.32 Å². The van der Waals surface area contributed by atoms with E-state index in [1.807, 2.05) is 19.1 Å². The Balaban J connectivity index is 2.00. The van der Waals surface area contributed by atoms with E-state index < -0.39 is 0 Å². The molecule has 0 aromatic heterocycles. The smallest absolute Gasteiger partial charge is 0.272 e. The van der Waals surface area contributed by atoms with Gasteiger partial charge in [0.2, 0.25) is 0 Å². The van der Waals surface area contributed by atoms with Crippen molar-refractivity contribution in [1.29, 1.82) is 0 Å². The summed E-state index contributed by atoms with van der Waals surface area (Å²) in [5.74, 6) is 0.526. The molecule has 0 spiro atoms. The molecule has 1 aromatic rings. The van der Waals surface area contributed by atoms with Crippen LogP contribution in [0.1, 0.15) is 37.4 Å². The molecule has 3 atom stereocenters. The highest BCUT2D eigenvalue weighted by Gasteiger charge is 2.24. The van der Waals surface area contributed by atoms with Gasteiger partial charge in [-0.05, 0) is 38.7 Å². The van der Waals surface area contributed by atoms with Crippen LogP contribution in [0.25, 0.3) is 0 Å². The SMILES string of the molecule is Cc1ccc(C(C)NCC2CCOC2C)cc1[N+](=O)[O-]. The van der Waals surface area contributed by atoms with Gasteiger partial charge in [0.25, 0.3) is 5.69 Å². The zero-order chi connectivity index (χ0) is 14.7. The van der Waals surface area contributed by atoms with Crippen LogP contribution in [0, 0.1) is 23.0 Å². The van der Waals surface area contributed by atoms with Crippen molar-refractivity contribution in [3.05, 3.63) is 39.4 Å². The quantitative estimate of drug-likeness (QED) is 0.664. The predicted octanol–water partition coefficient (Wildman–Crippen LogP) is 2.98. The molecule has 1 aliphatic heterocycles. The van der Waals surface area contributed by atoms with Crippen LogP contribution in [0.4, 0.5) is 5.69 Å². The van der Waals surface area contributed by atoms with Crippen molar-refractivity contribution in [2.45, 2.75) is 39.3 Å². The molecule has 0 radical (unpaired) electrons. The molecule has 1 saturated heterocycles. The number of hydrogen-bond donors (Lipinski definition) is 1. The average molecular weight is 278 g/mol. The Kier molecular flexibility index (Phi) is 4.73.